The van der Waals surface area contributed by atoms with Gasteiger partial charge in [0, 0.05) is 5.56 Å². The van der Waals surface area contributed by atoms with Crippen LogP contribution in [0, 0.1) is 0 Å². The molecule has 1 aromatic carbocycles. The van der Waals surface area contributed by atoms with Gasteiger partial charge in [-0.25, -0.2) is 4.98 Å². The van der Waals surface area contributed by atoms with E-state index in [1.54, 1.807) is 0 Å². The van der Waals surface area contributed by atoms with Gasteiger partial charge in [0.15, 0.2) is 11.2 Å². The molecule has 0 bridgehead atoms. The second-order valence-corrected chi connectivity index (χ2v) is 4.47. The minimum atomic E-state index is -0.328. The molecule has 0 aliphatic carbocycles. The van der Waals surface area contributed by atoms with Gasteiger partial charge in [0.05, 0.1) is 0 Å². The average Bonchev–Trinajstić information content (AvgIpc) is 2.84. The van der Waals surface area contributed by atoms with Gasteiger partial charge >= 0.3 is 0 Å². The van der Waals surface area contributed by atoms with Crippen LogP contribution in [0.25, 0.3) is 22.6 Å². The summed E-state index contributed by atoms with van der Waals surface area (Å²) >= 11 is 0. The molecule has 0 saturated heterocycles. The first-order chi connectivity index (χ1) is 9.67. The van der Waals surface area contributed by atoms with Crippen molar-refractivity contribution in [1.82, 2.24) is 19.9 Å². The van der Waals surface area contributed by atoms with Crippen LogP contribution in [-0.2, 0) is 6.42 Å². The fraction of sp³-hybridized carbons (Fsp3) is 0.154. The lowest BCUT2D eigenvalue weighted by Crippen LogP contribution is -2.10. The normalized spacial score (nSPS) is 11.1. The molecule has 0 aliphatic heterocycles. The van der Waals surface area contributed by atoms with Gasteiger partial charge in [-0.15, -0.1) is 0 Å². The number of nitrogens with one attached hydrogen (secondary N) is 2. The average molecular weight is 270 g/mol. The van der Waals surface area contributed by atoms with Gasteiger partial charge in [0.2, 0.25) is 5.95 Å². The molecule has 7 nitrogen and oxygen atoms in total. The van der Waals surface area contributed by atoms with Crippen LogP contribution < -0.4 is 17.0 Å². The van der Waals surface area contributed by atoms with Crippen LogP contribution in [0.2, 0.25) is 0 Å². The second-order valence-electron chi connectivity index (χ2n) is 4.47. The van der Waals surface area contributed by atoms with E-state index in [1.807, 2.05) is 24.3 Å². The quantitative estimate of drug-likeness (QED) is 0.548. The molecule has 0 radical (unpaired) electrons. The lowest BCUT2D eigenvalue weighted by Gasteiger charge is -2.00. The van der Waals surface area contributed by atoms with E-state index in [4.69, 9.17) is 11.5 Å². The van der Waals surface area contributed by atoms with E-state index in [0.717, 1.165) is 17.5 Å². The Morgan fingerprint density at radius 2 is 1.85 bits per heavy atom. The van der Waals surface area contributed by atoms with Crippen LogP contribution in [0.1, 0.15) is 5.56 Å². The number of aromatic nitrogens is 4. The number of anilines is 1. The predicted molar refractivity (Wildman–Crippen MR) is 77.1 cm³/mol. The third kappa shape index (κ3) is 2.14. The highest BCUT2D eigenvalue weighted by molar-refractivity contribution is 5.75. The highest BCUT2D eigenvalue weighted by Crippen LogP contribution is 2.18. The number of nitrogen functional groups attached to an aromatic ring is 1. The van der Waals surface area contributed by atoms with Gasteiger partial charge in [-0.2, -0.15) is 4.98 Å². The molecule has 0 fully saturated rings. The van der Waals surface area contributed by atoms with Gasteiger partial charge in [-0.1, -0.05) is 24.3 Å². The third-order valence-corrected chi connectivity index (χ3v) is 3.04. The Morgan fingerprint density at radius 3 is 2.55 bits per heavy atom. The molecule has 3 aromatic rings. The maximum Gasteiger partial charge on any atom is 0.278 e. The van der Waals surface area contributed by atoms with E-state index in [1.165, 1.54) is 0 Å². The molecular weight excluding hydrogens is 256 g/mol. The number of nitrogens with zero attached hydrogens (tertiary/aromatic N) is 2. The summed E-state index contributed by atoms with van der Waals surface area (Å²) in [5.41, 5.74) is 13.3. The topological polar surface area (TPSA) is 126 Å². The van der Waals surface area contributed by atoms with E-state index in [-0.39, 0.29) is 11.5 Å². The number of rotatable bonds is 3. The van der Waals surface area contributed by atoms with Gasteiger partial charge in [0.25, 0.3) is 5.56 Å². The molecular formula is C13H14N6O. The molecule has 0 spiro atoms. The smallest absolute Gasteiger partial charge is 0.278 e. The first kappa shape index (κ1) is 12.4. The van der Waals surface area contributed by atoms with Gasteiger partial charge in [0.1, 0.15) is 5.82 Å². The minimum Gasteiger partial charge on any atom is -0.369 e. The van der Waals surface area contributed by atoms with Crippen molar-refractivity contribution in [1.29, 1.82) is 0 Å². The number of imidazole rings is 1. The van der Waals surface area contributed by atoms with E-state index in [2.05, 4.69) is 19.9 Å². The Kier molecular flexibility index (Phi) is 2.96. The first-order valence-corrected chi connectivity index (χ1v) is 6.22. The summed E-state index contributed by atoms with van der Waals surface area (Å²) in [7, 11) is 0. The van der Waals surface area contributed by atoms with Crippen molar-refractivity contribution in [3.05, 3.63) is 40.2 Å². The summed E-state index contributed by atoms with van der Waals surface area (Å²) < 4.78 is 0. The fourth-order valence-electron chi connectivity index (χ4n) is 2.06. The van der Waals surface area contributed by atoms with Crippen molar-refractivity contribution in [3.8, 4) is 11.4 Å². The van der Waals surface area contributed by atoms with Crippen LogP contribution in [0.3, 0.4) is 0 Å². The van der Waals surface area contributed by atoms with Crippen molar-refractivity contribution in [3.63, 3.8) is 0 Å². The summed E-state index contributed by atoms with van der Waals surface area (Å²) in [6, 6.07) is 7.84. The molecule has 3 rings (SSSR count). The highest BCUT2D eigenvalue weighted by Gasteiger charge is 2.10. The van der Waals surface area contributed by atoms with Crippen LogP contribution >= 0.6 is 0 Å². The molecule has 2 aromatic heterocycles. The van der Waals surface area contributed by atoms with Gasteiger partial charge < -0.3 is 16.5 Å². The molecule has 102 valence electrons. The zero-order chi connectivity index (χ0) is 14.1. The Labute approximate surface area is 114 Å². The number of H-pyrrole nitrogens is 2. The van der Waals surface area contributed by atoms with E-state index in [9.17, 15) is 4.79 Å². The predicted octanol–water partition coefficient (Wildman–Crippen LogP) is 0.397. The Hall–Kier alpha value is -2.67. The Morgan fingerprint density at radius 1 is 1.10 bits per heavy atom. The van der Waals surface area contributed by atoms with E-state index < -0.39 is 0 Å². The maximum atomic E-state index is 11.7. The Balaban J connectivity index is 2.05. The van der Waals surface area contributed by atoms with E-state index in [0.29, 0.717) is 23.5 Å². The van der Waals surface area contributed by atoms with Gasteiger partial charge in [-0.05, 0) is 18.5 Å². The second kappa shape index (κ2) is 4.78. The van der Waals surface area contributed by atoms with Crippen LogP contribution in [0.5, 0.6) is 0 Å². The van der Waals surface area contributed by atoms with Crippen molar-refractivity contribution >= 4 is 17.1 Å². The number of benzene rings is 1. The molecule has 0 unspecified atom stereocenters. The SMILES string of the molecule is NCCc1ccc(-c2nc3nc(N)[nH]c(=O)c3[nH]2)cc1. The van der Waals surface area contributed by atoms with Crippen LogP contribution in [0.15, 0.2) is 29.1 Å². The molecule has 7 heteroatoms. The standard InChI is InChI=1S/C13H14N6O/c14-6-5-7-1-3-8(4-2-7)10-16-9-11(17-10)18-13(15)19-12(9)20/h1-4H,5-6,14H2,(H4,15,16,17,18,19,20). The fourth-order valence-corrected chi connectivity index (χ4v) is 2.06. The van der Waals surface area contributed by atoms with Crippen molar-refractivity contribution in [2.45, 2.75) is 6.42 Å². The molecule has 2 heterocycles. The van der Waals surface area contributed by atoms with Crippen LogP contribution in [-0.4, -0.2) is 26.5 Å². The number of hydrogen-bond acceptors (Lipinski definition) is 5. The summed E-state index contributed by atoms with van der Waals surface area (Å²) in [6.45, 7) is 0.614. The summed E-state index contributed by atoms with van der Waals surface area (Å²) in [4.78, 5) is 25.4. The minimum absolute atomic E-state index is 0.0545. The van der Waals surface area contributed by atoms with Crippen LogP contribution in [0.4, 0.5) is 5.95 Å². The Bertz CT molecular complexity index is 802. The molecule has 20 heavy (non-hydrogen) atoms. The van der Waals surface area contributed by atoms with Crippen molar-refractivity contribution in [2.24, 2.45) is 5.73 Å². The summed E-state index contributed by atoms with van der Waals surface area (Å²) in [5.74, 6) is 0.641. The first-order valence-electron chi connectivity index (χ1n) is 6.22. The number of fused-ring (bicyclic) bond motifs is 1. The zero-order valence-corrected chi connectivity index (χ0v) is 10.7. The number of aromatic amines is 2. The third-order valence-electron chi connectivity index (χ3n) is 3.04. The lowest BCUT2D eigenvalue weighted by molar-refractivity contribution is 0.969. The van der Waals surface area contributed by atoms with E-state index >= 15 is 0 Å². The zero-order valence-electron chi connectivity index (χ0n) is 10.7. The molecule has 6 N–H and O–H groups in total. The molecule has 0 atom stereocenters. The molecule has 0 aliphatic rings. The van der Waals surface area contributed by atoms with Crippen molar-refractivity contribution < 1.29 is 0 Å². The van der Waals surface area contributed by atoms with Crippen molar-refractivity contribution in [2.75, 3.05) is 12.3 Å². The summed E-state index contributed by atoms with van der Waals surface area (Å²) in [5, 5.41) is 0. The lowest BCUT2D eigenvalue weighted by atomic mass is 10.1. The monoisotopic (exact) mass is 270 g/mol. The highest BCUT2D eigenvalue weighted by atomic mass is 16.1. The molecule has 0 saturated carbocycles. The number of hydrogen-bond donors (Lipinski definition) is 4. The number of nitrogens with two attached hydrogens (primary N) is 2. The summed E-state index contributed by atoms with van der Waals surface area (Å²) in [6.07, 6.45) is 0.832. The molecule has 0 amide bonds. The van der Waals surface area contributed by atoms with Gasteiger partial charge in [-0.3, -0.25) is 9.78 Å². The largest absolute Gasteiger partial charge is 0.369 e. The maximum absolute atomic E-state index is 11.7.